The fourth-order valence-corrected chi connectivity index (χ4v) is 2.74. The van der Waals surface area contributed by atoms with Gasteiger partial charge in [-0.3, -0.25) is 4.79 Å². The molecule has 1 amide bonds. The predicted octanol–water partition coefficient (Wildman–Crippen LogP) is 3.22. The van der Waals surface area contributed by atoms with Gasteiger partial charge in [0.1, 0.15) is 5.82 Å². The van der Waals surface area contributed by atoms with Gasteiger partial charge in [-0.2, -0.15) is 0 Å². The number of benzene rings is 1. The van der Waals surface area contributed by atoms with Gasteiger partial charge in [0.25, 0.3) is 0 Å². The second kappa shape index (κ2) is 6.01. The summed E-state index contributed by atoms with van der Waals surface area (Å²) in [6.07, 6.45) is 2.16. The number of amides is 1. The Morgan fingerprint density at radius 3 is 2.95 bits per heavy atom. The maximum absolute atomic E-state index is 13.3. The van der Waals surface area contributed by atoms with E-state index in [1.165, 1.54) is 6.07 Å². The van der Waals surface area contributed by atoms with Crippen molar-refractivity contribution in [3.05, 3.63) is 28.0 Å². The quantitative estimate of drug-likeness (QED) is 0.875. The summed E-state index contributed by atoms with van der Waals surface area (Å²) in [5, 5.41) is 6.12. The molecule has 2 atom stereocenters. The van der Waals surface area contributed by atoms with Crippen LogP contribution in [0.3, 0.4) is 0 Å². The molecule has 19 heavy (non-hydrogen) atoms. The first-order chi connectivity index (χ1) is 8.99. The van der Waals surface area contributed by atoms with Crippen LogP contribution in [0.1, 0.15) is 25.3 Å². The van der Waals surface area contributed by atoms with E-state index in [1.54, 1.807) is 13.0 Å². The minimum atomic E-state index is -0.320. The van der Waals surface area contributed by atoms with Crippen LogP contribution in [0.15, 0.2) is 16.6 Å². The highest BCUT2D eigenvalue weighted by Crippen LogP contribution is 2.25. The number of halogens is 2. The van der Waals surface area contributed by atoms with E-state index in [4.69, 9.17) is 0 Å². The summed E-state index contributed by atoms with van der Waals surface area (Å²) < 4.78 is 13.7. The zero-order valence-electron chi connectivity index (χ0n) is 11.1. The number of anilines is 1. The van der Waals surface area contributed by atoms with Gasteiger partial charge in [0.2, 0.25) is 5.91 Å². The first-order valence-corrected chi connectivity index (χ1v) is 7.28. The molecule has 2 N–H and O–H groups in total. The fraction of sp³-hybridized carbons (Fsp3) is 0.500. The molecule has 1 heterocycles. The number of piperidine rings is 1. The van der Waals surface area contributed by atoms with Crippen molar-refractivity contribution in [2.24, 2.45) is 5.92 Å². The van der Waals surface area contributed by atoms with Gasteiger partial charge in [-0.25, -0.2) is 4.39 Å². The second-order valence-electron chi connectivity index (χ2n) is 5.12. The van der Waals surface area contributed by atoms with Crippen LogP contribution in [0.4, 0.5) is 10.1 Å². The van der Waals surface area contributed by atoms with E-state index in [0.717, 1.165) is 24.9 Å². The minimum absolute atomic E-state index is 0.0474. The van der Waals surface area contributed by atoms with E-state index in [2.05, 4.69) is 33.5 Å². The number of carbonyl (C=O) groups excluding carboxylic acids is 1. The molecule has 2 rings (SSSR count). The Labute approximate surface area is 121 Å². The lowest BCUT2D eigenvalue weighted by Gasteiger charge is -2.29. The van der Waals surface area contributed by atoms with Crippen molar-refractivity contribution < 1.29 is 9.18 Å². The number of aryl methyl sites for hydroxylation is 1. The van der Waals surface area contributed by atoms with Crippen molar-refractivity contribution in [3.63, 3.8) is 0 Å². The third kappa shape index (κ3) is 3.34. The highest BCUT2D eigenvalue weighted by atomic mass is 79.9. The van der Waals surface area contributed by atoms with Crippen LogP contribution < -0.4 is 10.6 Å². The molecule has 3 nitrogen and oxygen atoms in total. The molecular formula is C14H18BrFN2O. The van der Waals surface area contributed by atoms with Crippen LogP contribution in [0.2, 0.25) is 0 Å². The van der Waals surface area contributed by atoms with Crippen LogP contribution in [0.5, 0.6) is 0 Å². The van der Waals surface area contributed by atoms with Crippen molar-refractivity contribution in [2.45, 2.75) is 32.7 Å². The SMILES string of the molecule is Cc1cc(F)c(Br)cc1NC(=O)C1NCCCC1C. The molecule has 1 aliphatic rings. The van der Waals surface area contributed by atoms with Gasteiger partial charge in [0.05, 0.1) is 10.5 Å². The molecule has 1 saturated heterocycles. The van der Waals surface area contributed by atoms with Gasteiger partial charge in [-0.05, 0) is 65.9 Å². The fourth-order valence-electron chi connectivity index (χ4n) is 2.39. The van der Waals surface area contributed by atoms with Crippen LogP contribution >= 0.6 is 15.9 Å². The summed E-state index contributed by atoms with van der Waals surface area (Å²) in [5.74, 6) is -0.0496. The maximum atomic E-state index is 13.3. The molecule has 0 aromatic heterocycles. The van der Waals surface area contributed by atoms with Crippen molar-refractivity contribution in [1.29, 1.82) is 0 Å². The topological polar surface area (TPSA) is 41.1 Å². The Kier molecular flexibility index (Phi) is 4.58. The number of hydrogen-bond donors (Lipinski definition) is 2. The Balaban J connectivity index is 2.12. The largest absolute Gasteiger partial charge is 0.324 e. The summed E-state index contributed by atoms with van der Waals surface area (Å²) >= 11 is 3.14. The lowest BCUT2D eigenvalue weighted by Crippen LogP contribution is -2.48. The zero-order chi connectivity index (χ0) is 14.0. The van der Waals surface area contributed by atoms with Gasteiger partial charge in [0.15, 0.2) is 0 Å². The Hall–Kier alpha value is -0.940. The lowest BCUT2D eigenvalue weighted by molar-refractivity contribution is -0.119. The number of rotatable bonds is 2. The molecule has 2 unspecified atom stereocenters. The molecule has 1 aromatic rings. The monoisotopic (exact) mass is 328 g/mol. The average Bonchev–Trinajstić information content (AvgIpc) is 2.36. The molecule has 0 spiro atoms. The van der Waals surface area contributed by atoms with Gasteiger partial charge < -0.3 is 10.6 Å². The molecule has 0 bridgehead atoms. The third-order valence-corrected chi connectivity index (χ3v) is 4.18. The molecule has 0 aliphatic carbocycles. The Morgan fingerprint density at radius 2 is 2.26 bits per heavy atom. The minimum Gasteiger partial charge on any atom is -0.324 e. The van der Waals surface area contributed by atoms with Crippen LogP contribution in [-0.2, 0) is 4.79 Å². The van der Waals surface area contributed by atoms with Crippen molar-refractivity contribution in [1.82, 2.24) is 5.32 Å². The lowest BCUT2D eigenvalue weighted by atomic mass is 9.92. The molecule has 104 valence electrons. The van der Waals surface area contributed by atoms with E-state index >= 15 is 0 Å². The number of hydrogen-bond acceptors (Lipinski definition) is 2. The van der Waals surface area contributed by atoms with Crippen LogP contribution in [0, 0.1) is 18.7 Å². The van der Waals surface area contributed by atoms with Crippen LogP contribution in [0.25, 0.3) is 0 Å². The van der Waals surface area contributed by atoms with Gasteiger partial charge in [-0.1, -0.05) is 6.92 Å². The molecular weight excluding hydrogens is 311 g/mol. The average molecular weight is 329 g/mol. The summed E-state index contributed by atoms with van der Waals surface area (Å²) in [7, 11) is 0. The molecule has 1 fully saturated rings. The second-order valence-corrected chi connectivity index (χ2v) is 5.98. The van der Waals surface area contributed by atoms with Crippen molar-refractivity contribution >= 4 is 27.5 Å². The van der Waals surface area contributed by atoms with E-state index < -0.39 is 0 Å². The van der Waals surface area contributed by atoms with E-state index in [0.29, 0.717) is 16.1 Å². The molecule has 1 aromatic carbocycles. The predicted molar refractivity (Wildman–Crippen MR) is 77.7 cm³/mol. The van der Waals surface area contributed by atoms with Gasteiger partial charge in [0, 0.05) is 5.69 Å². The molecule has 0 radical (unpaired) electrons. The first kappa shape index (κ1) is 14.5. The molecule has 5 heteroatoms. The third-order valence-electron chi connectivity index (χ3n) is 3.58. The highest BCUT2D eigenvalue weighted by molar-refractivity contribution is 9.10. The van der Waals surface area contributed by atoms with E-state index in [9.17, 15) is 9.18 Å². The van der Waals surface area contributed by atoms with E-state index in [1.807, 2.05) is 0 Å². The number of carbonyl (C=O) groups is 1. The smallest absolute Gasteiger partial charge is 0.241 e. The van der Waals surface area contributed by atoms with Gasteiger partial charge in [-0.15, -0.1) is 0 Å². The molecule has 1 aliphatic heterocycles. The Bertz CT molecular complexity index is 493. The summed E-state index contributed by atoms with van der Waals surface area (Å²) in [5.41, 5.74) is 1.37. The van der Waals surface area contributed by atoms with Crippen molar-refractivity contribution in [2.75, 3.05) is 11.9 Å². The summed E-state index contributed by atoms with van der Waals surface area (Å²) in [6, 6.07) is 2.85. The maximum Gasteiger partial charge on any atom is 0.241 e. The van der Waals surface area contributed by atoms with E-state index in [-0.39, 0.29) is 17.8 Å². The first-order valence-electron chi connectivity index (χ1n) is 6.49. The highest BCUT2D eigenvalue weighted by Gasteiger charge is 2.27. The van der Waals surface area contributed by atoms with Crippen LogP contribution in [-0.4, -0.2) is 18.5 Å². The Morgan fingerprint density at radius 1 is 1.53 bits per heavy atom. The molecule has 0 saturated carbocycles. The summed E-state index contributed by atoms with van der Waals surface area (Å²) in [6.45, 7) is 4.72. The normalized spacial score (nSPS) is 23.2. The van der Waals surface area contributed by atoms with Crippen molar-refractivity contribution in [3.8, 4) is 0 Å². The summed E-state index contributed by atoms with van der Waals surface area (Å²) in [4.78, 5) is 12.2. The zero-order valence-corrected chi connectivity index (χ0v) is 12.7. The van der Waals surface area contributed by atoms with Gasteiger partial charge >= 0.3 is 0 Å². The number of nitrogens with one attached hydrogen (secondary N) is 2. The standard InChI is InChI=1S/C14H18BrFN2O/c1-8-4-3-5-17-13(8)14(19)18-12-7-10(15)11(16)6-9(12)2/h6-8,13,17H,3-5H2,1-2H3,(H,18,19).